The molecular formula is C7H9. The van der Waals surface area contributed by atoms with Crippen LogP contribution < -0.4 is 0 Å². The summed E-state index contributed by atoms with van der Waals surface area (Å²) in [6, 6.07) is 0. The summed E-state index contributed by atoms with van der Waals surface area (Å²) in [6.45, 7) is 8.55. The van der Waals surface area contributed by atoms with Gasteiger partial charge in [-0.2, -0.15) is 0 Å². The third kappa shape index (κ3) is 5.22. The van der Waals surface area contributed by atoms with E-state index >= 15 is 0 Å². The van der Waals surface area contributed by atoms with E-state index in [9.17, 15) is 0 Å². The van der Waals surface area contributed by atoms with E-state index in [1.165, 1.54) is 6.08 Å². The predicted octanol–water partition coefficient (Wildman–Crippen LogP) is 2.11. The van der Waals surface area contributed by atoms with Gasteiger partial charge in [0.05, 0.1) is 0 Å². The fourth-order valence-electron chi connectivity index (χ4n) is 0.253. The fourth-order valence-corrected chi connectivity index (χ4v) is 0.253. The summed E-state index contributed by atoms with van der Waals surface area (Å²) in [5, 5.41) is 0. The highest BCUT2D eigenvalue weighted by molar-refractivity contribution is 4.98. The zero-order valence-corrected chi connectivity index (χ0v) is 4.30. The van der Waals surface area contributed by atoms with E-state index in [1.54, 1.807) is 6.08 Å². The summed E-state index contributed by atoms with van der Waals surface area (Å²) in [6.07, 6.45) is 7.95. The van der Waals surface area contributed by atoms with Crippen LogP contribution in [0.4, 0.5) is 0 Å². The Hall–Kier alpha value is -0.780. The molecule has 0 aromatic carbocycles. The molecule has 0 amide bonds. The maximum absolute atomic E-state index is 5.02. The topological polar surface area (TPSA) is 0 Å². The van der Waals surface area contributed by atoms with E-state index in [-0.39, 0.29) is 0 Å². The normalized spacial score (nSPS) is 9.14. The number of allylic oxidation sites excluding steroid dienone is 4. The van der Waals surface area contributed by atoms with Crippen LogP contribution in [0.5, 0.6) is 0 Å². The quantitative estimate of drug-likeness (QED) is 0.370. The average Bonchev–Trinajstić information content (AvgIpc) is 1.69. The molecule has 0 rings (SSSR count). The molecule has 0 spiro atoms. The molecule has 0 saturated heterocycles. The SMILES string of the molecule is [CH]=CC=CCC=C. The van der Waals surface area contributed by atoms with Crippen molar-refractivity contribution in [3.63, 3.8) is 0 Å². The first-order chi connectivity index (χ1) is 3.41. The van der Waals surface area contributed by atoms with Crippen molar-refractivity contribution < 1.29 is 0 Å². The van der Waals surface area contributed by atoms with Gasteiger partial charge >= 0.3 is 0 Å². The summed E-state index contributed by atoms with van der Waals surface area (Å²) >= 11 is 0. The minimum atomic E-state index is 0.897. The second-order valence-electron chi connectivity index (χ2n) is 1.14. The molecule has 0 atom stereocenters. The number of hydrogen-bond acceptors (Lipinski definition) is 0. The summed E-state index contributed by atoms with van der Waals surface area (Å²) in [5.41, 5.74) is 0. The lowest BCUT2D eigenvalue weighted by Crippen LogP contribution is -1.50. The molecule has 7 heavy (non-hydrogen) atoms. The Balaban J connectivity index is 3.08. The second-order valence-corrected chi connectivity index (χ2v) is 1.14. The average molecular weight is 93.1 g/mol. The largest absolute Gasteiger partial charge is 0.103 e. The van der Waals surface area contributed by atoms with Crippen molar-refractivity contribution in [1.29, 1.82) is 0 Å². The van der Waals surface area contributed by atoms with Crippen molar-refractivity contribution in [2.45, 2.75) is 6.42 Å². The van der Waals surface area contributed by atoms with E-state index in [4.69, 9.17) is 6.58 Å². The Morgan fingerprint density at radius 2 is 2.29 bits per heavy atom. The molecule has 37 valence electrons. The third-order valence-electron chi connectivity index (χ3n) is 0.550. The van der Waals surface area contributed by atoms with Gasteiger partial charge in [0.25, 0.3) is 0 Å². The summed E-state index contributed by atoms with van der Waals surface area (Å²) in [5.74, 6) is 0. The van der Waals surface area contributed by atoms with Crippen molar-refractivity contribution in [1.82, 2.24) is 0 Å². The van der Waals surface area contributed by atoms with Crippen LogP contribution in [0.2, 0.25) is 0 Å². The molecule has 0 aliphatic carbocycles. The highest BCUT2D eigenvalue weighted by Crippen LogP contribution is 1.80. The van der Waals surface area contributed by atoms with Crippen LogP contribution in [0.3, 0.4) is 0 Å². The Kier molecular flexibility index (Phi) is 4.64. The molecule has 1 radical (unpaired) electrons. The molecule has 0 aromatic rings. The zero-order chi connectivity index (χ0) is 5.54. The molecule has 0 aliphatic heterocycles. The van der Waals surface area contributed by atoms with Crippen molar-refractivity contribution in [2.24, 2.45) is 0 Å². The smallest absolute Gasteiger partial charge is 0.0169 e. The standard InChI is InChI=1S/C7H9/c1-3-5-7-6-4-2/h1,3-5,7H,2,6H2. The highest BCUT2D eigenvalue weighted by Gasteiger charge is 1.59. The molecule has 0 nitrogen and oxygen atoms in total. The number of rotatable bonds is 3. The molecule has 0 fully saturated rings. The minimum absolute atomic E-state index is 0.897. The highest BCUT2D eigenvalue weighted by atomic mass is 13.7. The van der Waals surface area contributed by atoms with Gasteiger partial charge in [-0.3, -0.25) is 0 Å². The van der Waals surface area contributed by atoms with Gasteiger partial charge in [0, 0.05) is 0 Å². The first kappa shape index (κ1) is 6.22. The Labute approximate surface area is 44.9 Å². The first-order valence-corrected chi connectivity index (χ1v) is 2.22. The Morgan fingerprint density at radius 3 is 2.71 bits per heavy atom. The maximum Gasteiger partial charge on any atom is -0.0169 e. The van der Waals surface area contributed by atoms with Gasteiger partial charge in [-0.1, -0.05) is 30.9 Å². The summed E-state index contributed by atoms with van der Waals surface area (Å²) in [4.78, 5) is 0. The lowest BCUT2D eigenvalue weighted by atomic mass is 10.4. The van der Waals surface area contributed by atoms with Gasteiger partial charge in [-0.25, -0.2) is 0 Å². The minimum Gasteiger partial charge on any atom is -0.103 e. The predicted molar refractivity (Wildman–Crippen MR) is 32.8 cm³/mol. The second kappa shape index (κ2) is 5.22. The van der Waals surface area contributed by atoms with Crippen LogP contribution in [0, 0.1) is 6.58 Å². The monoisotopic (exact) mass is 93.1 g/mol. The summed E-state index contributed by atoms with van der Waals surface area (Å²) in [7, 11) is 0. The molecule has 0 aliphatic rings. The van der Waals surface area contributed by atoms with Gasteiger partial charge in [0.15, 0.2) is 0 Å². The summed E-state index contributed by atoms with van der Waals surface area (Å²) < 4.78 is 0. The van der Waals surface area contributed by atoms with Gasteiger partial charge in [0.1, 0.15) is 0 Å². The third-order valence-corrected chi connectivity index (χ3v) is 0.550. The first-order valence-electron chi connectivity index (χ1n) is 2.22. The van der Waals surface area contributed by atoms with Crippen LogP contribution in [0.25, 0.3) is 0 Å². The lowest BCUT2D eigenvalue weighted by molar-refractivity contribution is 1.41. The number of hydrogen-bond donors (Lipinski definition) is 0. The van der Waals surface area contributed by atoms with E-state index < -0.39 is 0 Å². The molecule has 0 saturated carbocycles. The van der Waals surface area contributed by atoms with Gasteiger partial charge in [0.2, 0.25) is 0 Å². The molecule has 0 heteroatoms. The van der Waals surface area contributed by atoms with Gasteiger partial charge in [-0.05, 0) is 6.42 Å². The lowest BCUT2D eigenvalue weighted by Gasteiger charge is -1.71. The van der Waals surface area contributed by atoms with E-state index in [0.29, 0.717) is 0 Å². The van der Waals surface area contributed by atoms with Crippen molar-refractivity contribution in [3.8, 4) is 0 Å². The van der Waals surface area contributed by atoms with Gasteiger partial charge < -0.3 is 0 Å². The van der Waals surface area contributed by atoms with E-state index in [2.05, 4.69) is 6.58 Å². The fraction of sp³-hybridized carbons (Fsp3) is 0.143. The molecule has 0 bridgehead atoms. The van der Waals surface area contributed by atoms with Crippen LogP contribution in [0.1, 0.15) is 6.42 Å². The van der Waals surface area contributed by atoms with Crippen LogP contribution in [-0.2, 0) is 0 Å². The van der Waals surface area contributed by atoms with Crippen LogP contribution in [0.15, 0.2) is 30.9 Å². The maximum atomic E-state index is 5.02. The van der Waals surface area contributed by atoms with Crippen molar-refractivity contribution >= 4 is 0 Å². The van der Waals surface area contributed by atoms with Crippen LogP contribution >= 0.6 is 0 Å². The molecule has 0 N–H and O–H groups in total. The molecule has 0 unspecified atom stereocenters. The zero-order valence-electron chi connectivity index (χ0n) is 4.30. The van der Waals surface area contributed by atoms with E-state index in [1.807, 2.05) is 12.2 Å². The van der Waals surface area contributed by atoms with Crippen molar-refractivity contribution in [2.75, 3.05) is 0 Å². The Morgan fingerprint density at radius 1 is 1.57 bits per heavy atom. The molecular weight excluding hydrogens is 84.1 g/mol. The Bertz CT molecular complexity index is 78.0. The van der Waals surface area contributed by atoms with Crippen molar-refractivity contribution in [3.05, 3.63) is 37.5 Å². The van der Waals surface area contributed by atoms with Crippen LogP contribution in [-0.4, -0.2) is 0 Å². The van der Waals surface area contributed by atoms with Gasteiger partial charge in [-0.15, -0.1) is 6.58 Å². The molecule has 0 aromatic heterocycles. The molecule has 0 heterocycles. The van der Waals surface area contributed by atoms with E-state index in [0.717, 1.165) is 6.42 Å².